The summed E-state index contributed by atoms with van der Waals surface area (Å²) in [5.74, 6) is 0.195. The number of aromatic nitrogens is 1. The van der Waals surface area contributed by atoms with Crippen LogP contribution >= 0.6 is 11.6 Å². The van der Waals surface area contributed by atoms with Gasteiger partial charge in [-0.1, -0.05) is 30.3 Å². The highest BCUT2D eigenvalue weighted by atomic mass is 35.5. The molecule has 0 fully saturated rings. The van der Waals surface area contributed by atoms with Crippen LogP contribution in [0, 0.1) is 5.82 Å². The minimum Gasteiger partial charge on any atom is -0.360 e. The number of alkyl halides is 1. The lowest BCUT2D eigenvalue weighted by molar-refractivity contribution is 0.621. The Morgan fingerprint density at radius 3 is 2.59 bits per heavy atom. The summed E-state index contributed by atoms with van der Waals surface area (Å²) in [5, 5.41) is 3.00. The van der Waals surface area contributed by atoms with Crippen molar-refractivity contribution < 1.29 is 4.39 Å². The quantitative estimate of drug-likeness (QED) is 0.839. The maximum Gasteiger partial charge on any atom is 0.165 e. The predicted molar refractivity (Wildman–Crippen MR) is 67.7 cm³/mol. The van der Waals surface area contributed by atoms with Crippen LogP contribution in [0.25, 0.3) is 0 Å². The highest BCUT2D eigenvalue weighted by molar-refractivity contribution is 6.18. The van der Waals surface area contributed by atoms with Gasteiger partial charge in [-0.05, 0) is 17.7 Å². The number of nitrogens with zero attached hydrogens (tertiary/aromatic N) is 1. The summed E-state index contributed by atoms with van der Waals surface area (Å²) >= 11 is 5.89. The Hall–Kier alpha value is -1.61. The van der Waals surface area contributed by atoms with Gasteiger partial charge in [0.2, 0.25) is 0 Å². The van der Waals surface area contributed by atoms with Gasteiger partial charge in [0.25, 0.3) is 0 Å². The van der Waals surface area contributed by atoms with Crippen LogP contribution in [-0.4, -0.2) is 10.9 Å². The smallest absolute Gasteiger partial charge is 0.165 e. The van der Waals surface area contributed by atoms with Crippen molar-refractivity contribution in [2.75, 3.05) is 11.2 Å². The maximum atomic E-state index is 13.4. The molecule has 4 heteroatoms. The van der Waals surface area contributed by atoms with Crippen LogP contribution in [0.2, 0.25) is 0 Å². The maximum absolute atomic E-state index is 13.4. The lowest BCUT2D eigenvalue weighted by atomic mass is 10.1. The number of rotatable bonds is 4. The van der Waals surface area contributed by atoms with Crippen LogP contribution in [0.5, 0.6) is 0 Å². The van der Waals surface area contributed by atoms with Gasteiger partial charge in [0.05, 0.1) is 6.04 Å². The van der Waals surface area contributed by atoms with E-state index in [4.69, 9.17) is 11.6 Å². The summed E-state index contributed by atoms with van der Waals surface area (Å²) in [5.41, 5.74) is 1.01. The van der Waals surface area contributed by atoms with Gasteiger partial charge in [-0.2, -0.15) is 0 Å². The van der Waals surface area contributed by atoms with E-state index in [1.807, 2.05) is 30.3 Å². The molecule has 1 unspecified atom stereocenters. The van der Waals surface area contributed by atoms with Crippen molar-refractivity contribution >= 4 is 17.4 Å². The first kappa shape index (κ1) is 11.9. The first-order chi connectivity index (χ1) is 8.31. The highest BCUT2D eigenvalue weighted by Crippen LogP contribution is 2.20. The summed E-state index contributed by atoms with van der Waals surface area (Å²) in [6.45, 7) is 0. The van der Waals surface area contributed by atoms with Gasteiger partial charge >= 0.3 is 0 Å². The standard InChI is InChI=1S/C13H12ClFN2/c14-9-12(10-5-2-1-3-6-10)17-13-11(15)7-4-8-16-13/h1-8,12H,9H2,(H,16,17). The topological polar surface area (TPSA) is 24.9 Å². The van der Waals surface area contributed by atoms with E-state index in [2.05, 4.69) is 10.3 Å². The van der Waals surface area contributed by atoms with E-state index >= 15 is 0 Å². The van der Waals surface area contributed by atoms with E-state index in [1.165, 1.54) is 6.07 Å². The number of hydrogen-bond acceptors (Lipinski definition) is 2. The molecule has 88 valence electrons. The largest absolute Gasteiger partial charge is 0.360 e. The molecule has 1 aromatic carbocycles. The zero-order valence-corrected chi connectivity index (χ0v) is 9.86. The first-order valence-electron chi connectivity index (χ1n) is 5.29. The zero-order valence-electron chi connectivity index (χ0n) is 9.11. The molecule has 0 aliphatic carbocycles. The van der Waals surface area contributed by atoms with Gasteiger partial charge in [0.1, 0.15) is 0 Å². The minimum absolute atomic E-state index is 0.151. The monoisotopic (exact) mass is 250 g/mol. The number of benzene rings is 1. The molecule has 1 N–H and O–H groups in total. The molecule has 2 aromatic rings. The van der Waals surface area contributed by atoms with Crippen molar-refractivity contribution in [2.24, 2.45) is 0 Å². The van der Waals surface area contributed by atoms with Crippen molar-refractivity contribution in [3.05, 3.63) is 60.0 Å². The predicted octanol–water partition coefficient (Wildman–Crippen LogP) is 3.61. The zero-order chi connectivity index (χ0) is 12.1. The van der Waals surface area contributed by atoms with E-state index in [9.17, 15) is 4.39 Å². The molecule has 0 aliphatic heterocycles. The molecular formula is C13H12ClFN2. The molecule has 1 aromatic heterocycles. The summed E-state index contributed by atoms with van der Waals surface area (Å²) in [4.78, 5) is 3.95. The van der Waals surface area contributed by atoms with Crippen LogP contribution in [-0.2, 0) is 0 Å². The Bertz CT molecular complexity index is 476. The molecule has 1 atom stereocenters. The fourth-order valence-corrected chi connectivity index (χ4v) is 1.81. The summed E-state index contributed by atoms with van der Waals surface area (Å²) in [7, 11) is 0. The molecule has 0 spiro atoms. The molecule has 0 saturated carbocycles. The fourth-order valence-electron chi connectivity index (χ4n) is 1.55. The molecule has 2 nitrogen and oxygen atoms in total. The van der Waals surface area contributed by atoms with Crippen molar-refractivity contribution in [3.8, 4) is 0 Å². The molecule has 0 saturated heterocycles. The second kappa shape index (κ2) is 5.64. The number of pyridine rings is 1. The normalized spacial score (nSPS) is 12.1. The Kier molecular flexibility index (Phi) is 3.94. The van der Waals surface area contributed by atoms with Gasteiger partial charge in [0, 0.05) is 12.1 Å². The van der Waals surface area contributed by atoms with Crippen molar-refractivity contribution in [1.29, 1.82) is 0 Å². The van der Waals surface area contributed by atoms with E-state index in [-0.39, 0.29) is 17.7 Å². The highest BCUT2D eigenvalue weighted by Gasteiger charge is 2.12. The van der Waals surface area contributed by atoms with Crippen LogP contribution < -0.4 is 5.32 Å². The van der Waals surface area contributed by atoms with E-state index < -0.39 is 0 Å². The average Bonchev–Trinajstić information content (AvgIpc) is 2.39. The molecule has 2 rings (SSSR count). The molecule has 0 bridgehead atoms. The molecule has 0 amide bonds. The van der Waals surface area contributed by atoms with Crippen molar-refractivity contribution in [1.82, 2.24) is 4.98 Å². The Morgan fingerprint density at radius 1 is 1.18 bits per heavy atom. The first-order valence-corrected chi connectivity index (χ1v) is 5.82. The third kappa shape index (κ3) is 2.94. The molecular weight excluding hydrogens is 239 g/mol. The Labute approximate surface area is 104 Å². The molecule has 0 radical (unpaired) electrons. The third-order valence-corrected chi connectivity index (χ3v) is 2.73. The molecule has 17 heavy (non-hydrogen) atoms. The average molecular weight is 251 g/mol. The summed E-state index contributed by atoms with van der Waals surface area (Å²) in [6.07, 6.45) is 1.54. The van der Waals surface area contributed by atoms with Gasteiger partial charge in [-0.15, -0.1) is 11.6 Å². The lowest BCUT2D eigenvalue weighted by Crippen LogP contribution is -2.14. The Balaban J connectivity index is 2.19. The molecule has 1 heterocycles. The van der Waals surface area contributed by atoms with Gasteiger partial charge < -0.3 is 5.32 Å². The van der Waals surface area contributed by atoms with E-state index in [0.717, 1.165) is 5.56 Å². The van der Waals surface area contributed by atoms with Crippen LogP contribution in [0.1, 0.15) is 11.6 Å². The second-order valence-corrected chi connectivity index (χ2v) is 3.90. The fraction of sp³-hybridized carbons (Fsp3) is 0.154. The van der Waals surface area contributed by atoms with Crippen LogP contribution in [0.4, 0.5) is 10.2 Å². The van der Waals surface area contributed by atoms with Crippen molar-refractivity contribution in [2.45, 2.75) is 6.04 Å². The van der Waals surface area contributed by atoms with Gasteiger partial charge in [-0.25, -0.2) is 9.37 Å². The van der Waals surface area contributed by atoms with Crippen LogP contribution in [0.3, 0.4) is 0 Å². The van der Waals surface area contributed by atoms with Crippen molar-refractivity contribution in [3.63, 3.8) is 0 Å². The van der Waals surface area contributed by atoms with E-state index in [0.29, 0.717) is 5.88 Å². The van der Waals surface area contributed by atoms with Gasteiger partial charge in [-0.3, -0.25) is 0 Å². The second-order valence-electron chi connectivity index (χ2n) is 3.60. The van der Waals surface area contributed by atoms with E-state index in [1.54, 1.807) is 12.3 Å². The summed E-state index contributed by atoms with van der Waals surface area (Å²) < 4.78 is 13.4. The molecule has 0 aliphatic rings. The van der Waals surface area contributed by atoms with Gasteiger partial charge in [0.15, 0.2) is 11.6 Å². The number of hydrogen-bond donors (Lipinski definition) is 1. The third-order valence-electron chi connectivity index (χ3n) is 2.43. The SMILES string of the molecule is Fc1cccnc1NC(CCl)c1ccccc1. The number of anilines is 1. The number of nitrogens with one attached hydrogen (secondary N) is 1. The minimum atomic E-state index is -0.376. The van der Waals surface area contributed by atoms with Crippen LogP contribution in [0.15, 0.2) is 48.7 Å². The number of halogens is 2. The Morgan fingerprint density at radius 2 is 1.94 bits per heavy atom. The summed E-state index contributed by atoms with van der Waals surface area (Å²) in [6, 6.07) is 12.4. The lowest BCUT2D eigenvalue weighted by Gasteiger charge is -2.17.